The van der Waals surface area contributed by atoms with Crippen LogP contribution in [0.5, 0.6) is 0 Å². The molecule has 0 radical (unpaired) electrons. The molecule has 0 fully saturated rings. The lowest BCUT2D eigenvalue weighted by Crippen LogP contribution is -2.14. The zero-order valence-electron chi connectivity index (χ0n) is 12.2. The zero-order chi connectivity index (χ0) is 15.7. The van der Waals surface area contributed by atoms with Gasteiger partial charge in [0.1, 0.15) is 5.69 Å². The van der Waals surface area contributed by atoms with Crippen molar-refractivity contribution in [2.24, 2.45) is 0 Å². The van der Waals surface area contributed by atoms with Crippen LogP contribution in [0.25, 0.3) is 10.9 Å². The second-order valence-corrected chi connectivity index (χ2v) is 4.94. The van der Waals surface area contributed by atoms with Crippen molar-refractivity contribution in [1.29, 1.82) is 0 Å². The fraction of sp³-hybridized carbons (Fsp3) is 0.125. The average molecular weight is 297 g/mol. The van der Waals surface area contributed by atoms with Crippen molar-refractivity contribution < 1.29 is 14.3 Å². The Morgan fingerprint density at radius 1 is 1.14 bits per heavy atom. The number of benzene rings is 1. The molecule has 112 valence electrons. The standard InChI is InChI=1S/C16H15N3O3/c1-9-3-5-18-14(9)15(20)19-10-7-12(16(21)22-2)11-4-6-17-13(11)8-10/h3-8,17-18H,1-2H3,(H,19,20). The minimum atomic E-state index is -0.447. The number of aryl methyl sites for hydroxylation is 1. The molecule has 2 heterocycles. The normalized spacial score (nSPS) is 10.6. The van der Waals surface area contributed by atoms with Crippen LogP contribution in [0.15, 0.2) is 36.7 Å². The molecular weight excluding hydrogens is 282 g/mol. The van der Waals surface area contributed by atoms with Crippen LogP contribution in [0.4, 0.5) is 5.69 Å². The molecule has 0 saturated heterocycles. The minimum Gasteiger partial charge on any atom is -0.465 e. The Morgan fingerprint density at radius 3 is 2.59 bits per heavy atom. The summed E-state index contributed by atoms with van der Waals surface area (Å²) in [5.74, 6) is -0.707. The predicted molar refractivity (Wildman–Crippen MR) is 83.1 cm³/mol. The molecule has 0 aliphatic carbocycles. The first-order valence-electron chi connectivity index (χ1n) is 6.75. The summed E-state index contributed by atoms with van der Waals surface area (Å²) < 4.78 is 4.79. The SMILES string of the molecule is COC(=O)c1cc(NC(=O)c2[nH]ccc2C)cc2[nH]ccc12. The molecule has 0 atom stereocenters. The first-order chi connectivity index (χ1) is 10.6. The largest absolute Gasteiger partial charge is 0.465 e. The van der Waals surface area contributed by atoms with E-state index in [-0.39, 0.29) is 5.91 Å². The van der Waals surface area contributed by atoms with E-state index >= 15 is 0 Å². The molecular formula is C16H15N3O3. The lowest BCUT2D eigenvalue weighted by atomic mass is 10.1. The van der Waals surface area contributed by atoms with Gasteiger partial charge in [-0.3, -0.25) is 4.79 Å². The van der Waals surface area contributed by atoms with Crippen molar-refractivity contribution in [1.82, 2.24) is 9.97 Å². The fourth-order valence-corrected chi connectivity index (χ4v) is 2.40. The monoisotopic (exact) mass is 297 g/mol. The van der Waals surface area contributed by atoms with Crippen molar-refractivity contribution in [3.8, 4) is 0 Å². The van der Waals surface area contributed by atoms with Crippen molar-refractivity contribution in [3.05, 3.63) is 53.5 Å². The number of aromatic nitrogens is 2. The number of anilines is 1. The summed E-state index contributed by atoms with van der Waals surface area (Å²) in [5.41, 5.74) is 3.02. The Morgan fingerprint density at radius 2 is 1.91 bits per heavy atom. The number of carbonyl (C=O) groups excluding carboxylic acids is 2. The number of hydrogen-bond donors (Lipinski definition) is 3. The third-order valence-electron chi connectivity index (χ3n) is 3.51. The van der Waals surface area contributed by atoms with Gasteiger partial charge in [-0.2, -0.15) is 0 Å². The topological polar surface area (TPSA) is 87.0 Å². The number of aromatic amines is 2. The van der Waals surface area contributed by atoms with E-state index in [1.807, 2.05) is 13.0 Å². The molecule has 3 rings (SSSR count). The molecule has 2 aromatic heterocycles. The number of methoxy groups -OCH3 is 1. The van der Waals surface area contributed by atoms with Gasteiger partial charge in [-0.15, -0.1) is 0 Å². The fourth-order valence-electron chi connectivity index (χ4n) is 2.40. The van der Waals surface area contributed by atoms with Gasteiger partial charge in [0.05, 0.1) is 12.7 Å². The summed E-state index contributed by atoms with van der Waals surface area (Å²) in [6, 6.07) is 7.00. The highest BCUT2D eigenvalue weighted by Crippen LogP contribution is 2.24. The highest BCUT2D eigenvalue weighted by molar-refractivity contribution is 6.09. The minimum absolute atomic E-state index is 0.260. The molecule has 0 aliphatic rings. The molecule has 0 aliphatic heterocycles. The number of esters is 1. The van der Waals surface area contributed by atoms with E-state index in [0.29, 0.717) is 16.9 Å². The summed E-state index contributed by atoms with van der Waals surface area (Å²) in [5, 5.41) is 3.54. The van der Waals surface area contributed by atoms with Gasteiger partial charge in [-0.1, -0.05) is 0 Å². The van der Waals surface area contributed by atoms with Gasteiger partial charge >= 0.3 is 5.97 Å². The molecule has 1 amide bonds. The number of fused-ring (bicyclic) bond motifs is 1. The highest BCUT2D eigenvalue weighted by Gasteiger charge is 2.15. The van der Waals surface area contributed by atoms with Gasteiger partial charge < -0.3 is 20.0 Å². The molecule has 1 aromatic carbocycles. The molecule has 6 heteroatoms. The number of rotatable bonds is 3. The maximum Gasteiger partial charge on any atom is 0.338 e. The Balaban J connectivity index is 1.99. The molecule has 3 N–H and O–H groups in total. The summed E-state index contributed by atoms with van der Waals surface area (Å²) in [6.45, 7) is 1.85. The summed E-state index contributed by atoms with van der Waals surface area (Å²) in [6.07, 6.45) is 3.44. The van der Waals surface area contributed by atoms with E-state index in [1.54, 1.807) is 30.6 Å². The molecule has 0 unspecified atom stereocenters. The van der Waals surface area contributed by atoms with E-state index in [1.165, 1.54) is 7.11 Å². The third kappa shape index (κ3) is 2.35. The molecule has 0 saturated carbocycles. The van der Waals surface area contributed by atoms with Gasteiger partial charge in [0.25, 0.3) is 5.91 Å². The Labute approximate surface area is 126 Å². The number of nitrogens with one attached hydrogen (secondary N) is 3. The molecule has 6 nitrogen and oxygen atoms in total. The highest BCUT2D eigenvalue weighted by atomic mass is 16.5. The van der Waals surface area contributed by atoms with Gasteiger partial charge in [0.15, 0.2) is 0 Å². The maximum absolute atomic E-state index is 12.3. The van der Waals surface area contributed by atoms with Crippen LogP contribution in [0.2, 0.25) is 0 Å². The predicted octanol–water partition coefficient (Wildman–Crippen LogP) is 2.84. The van der Waals surface area contributed by atoms with Crippen molar-refractivity contribution >= 4 is 28.5 Å². The summed E-state index contributed by atoms with van der Waals surface area (Å²) in [4.78, 5) is 30.1. The van der Waals surface area contributed by atoms with Crippen LogP contribution in [0, 0.1) is 6.92 Å². The lowest BCUT2D eigenvalue weighted by Gasteiger charge is -2.08. The first kappa shape index (κ1) is 13.9. The quantitative estimate of drug-likeness (QED) is 0.650. The maximum atomic E-state index is 12.3. The van der Waals surface area contributed by atoms with Crippen molar-refractivity contribution in [3.63, 3.8) is 0 Å². The van der Waals surface area contributed by atoms with Crippen LogP contribution in [-0.4, -0.2) is 29.0 Å². The average Bonchev–Trinajstić information content (AvgIpc) is 3.13. The number of H-pyrrole nitrogens is 2. The number of hydrogen-bond acceptors (Lipinski definition) is 3. The number of amides is 1. The molecule has 0 spiro atoms. The summed E-state index contributed by atoms with van der Waals surface area (Å²) in [7, 11) is 1.33. The van der Waals surface area contributed by atoms with E-state index < -0.39 is 5.97 Å². The Bertz CT molecular complexity index is 861. The second kappa shape index (κ2) is 5.40. The van der Waals surface area contributed by atoms with Gasteiger partial charge in [0.2, 0.25) is 0 Å². The van der Waals surface area contributed by atoms with Crippen molar-refractivity contribution in [2.75, 3.05) is 12.4 Å². The van der Waals surface area contributed by atoms with Crippen LogP contribution in [0.1, 0.15) is 26.4 Å². The zero-order valence-corrected chi connectivity index (χ0v) is 12.2. The van der Waals surface area contributed by atoms with E-state index in [9.17, 15) is 9.59 Å². The number of carbonyl (C=O) groups is 2. The second-order valence-electron chi connectivity index (χ2n) is 4.94. The van der Waals surface area contributed by atoms with E-state index in [2.05, 4.69) is 15.3 Å². The van der Waals surface area contributed by atoms with E-state index in [0.717, 1.165) is 16.5 Å². The number of ether oxygens (including phenoxy) is 1. The molecule has 0 bridgehead atoms. The molecule has 22 heavy (non-hydrogen) atoms. The van der Waals surface area contributed by atoms with Gasteiger partial charge in [0, 0.05) is 29.0 Å². The van der Waals surface area contributed by atoms with Crippen molar-refractivity contribution in [2.45, 2.75) is 6.92 Å². The van der Waals surface area contributed by atoms with Crippen LogP contribution in [-0.2, 0) is 4.74 Å². The van der Waals surface area contributed by atoms with Crippen LogP contribution >= 0.6 is 0 Å². The van der Waals surface area contributed by atoms with E-state index in [4.69, 9.17) is 4.74 Å². The van der Waals surface area contributed by atoms with Gasteiger partial charge in [-0.05, 0) is 36.8 Å². The Kier molecular flexibility index (Phi) is 3.42. The Hall–Kier alpha value is -3.02. The third-order valence-corrected chi connectivity index (χ3v) is 3.51. The summed E-state index contributed by atoms with van der Waals surface area (Å²) >= 11 is 0. The lowest BCUT2D eigenvalue weighted by molar-refractivity contribution is 0.0603. The van der Waals surface area contributed by atoms with Gasteiger partial charge in [-0.25, -0.2) is 4.79 Å². The smallest absolute Gasteiger partial charge is 0.338 e. The van der Waals surface area contributed by atoms with Crippen LogP contribution in [0.3, 0.4) is 0 Å². The molecule has 3 aromatic rings. The first-order valence-corrected chi connectivity index (χ1v) is 6.75. The van der Waals surface area contributed by atoms with Crippen LogP contribution < -0.4 is 5.32 Å².